The highest BCUT2D eigenvalue weighted by Crippen LogP contribution is 2.33. The molecule has 18 heteroatoms. The van der Waals surface area contributed by atoms with Crippen molar-refractivity contribution >= 4 is 92.2 Å². The molecule has 0 spiro atoms. The molecular weight excluding hydrogens is 805 g/mol. The van der Waals surface area contributed by atoms with Gasteiger partial charge in [0.05, 0.1) is 31.2 Å². The normalized spacial score (nSPS) is 14.7. The van der Waals surface area contributed by atoms with E-state index in [-0.39, 0.29) is 39.5 Å². The Morgan fingerprint density at radius 2 is 1.24 bits per heavy atom. The zero-order valence-corrected chi connectivity index (χ0v) is 34.2. The number of anilines is 3. The van der Waals surface area contributed by atoms with Crippen molar-refractivity contribution in [3.05, 3.63) is 105 Å². The lowest BCUT2D eigenvalue weighted by Gasteiger charge is -2.16. The van der Waals surface area contributed by atoms with Gasteiger partial charge in [-0.25, -0.2) is 24.9 Å². The first-order chi connectivity index (χ1) is 28.7. The number of rotatable bonds is 5. The number of pyridine rings is 2. The molecule has 6 aromatic heterocycles. The number of para-hydroxylation sites is 2. The van der Waals surface area contributed by atoms with E-state index in [1.807, 2.05) is 60.7 Å². The molecule has 15 nitrogen and oxygen atoms in total. The number of nitrogens with two attached hydrogens (primary N) is 1. The van der Waals surface area contributed by atoms with E-state index in [1.54, 1.807) is 21.4 Å². The van der Waals surface area contributed by atoms with E-state index in [1.165, 1.54) is 41.2 Å². The molecule has 3 N–H and O–H groups in total. The van der Waals surface area contributed by atoms with E-state index in [9.17, 15) is 19.1 Å². The van der Waals surface area contributed by atoms with E-state index in [2.05, 4.69) is 35.2 Å². The third-order valence-corrected chi connectivity index (χ3v) is 12.8. The lowest BCUT2D eigenvalue weighted by Crippen LogP contribution is -2.27. The summed E-state index contributed by atoms with van der Waals surface area (Å²) < 4.78 is 17.1. The van der Waals surface area contributed by atoms with Gasteiger partial charge >= 0.3 is 0 Å². The van der Waals surface area contributed by atoms with Crippen LogP contribution in [-0.4, -0.2) is 49.5 Å². The summed E-state index contributed by atoms with van der Waals surface area (Å²) >= 11 is 3.04. The second kappa shape index (κ2) is 17.2. The van der Waals surface area contributed by atoms with Crippen LogP contribution >= 0.6 is 22.7 Å². The second-order valence-corrected chi connectivity index (χ2v) is 17.4. The summed E-state index contributed by atoms with van der Waals surface area (Å²) in [5, 5.41) is 24.5. The fraction of sp³-hybridized carbons (Fsp3) is 0.268. The minimum absolute atomic E-state index is 0.0568. The Kier molecular flexibility index (Phi) is 11.5. The number of nitrogen functional groups attached to an aromatic ring is 1. The number of fused-ring (bicyclic) bond motifs is 4. The molecule has 10 rings (SSSR count). The average Bonchev–Trinajstić information content (AvgIpc) is 4.09. The van der Waals surface area contributed by atoms with Crippen LogP contribution in [0.4, 0.5) is 16.2 Å². The van der Waals surface area contributed by atoms with Crippen LogP contribution in [0.1, 0.15) is 74.6 Å². The molecule has 2 aliphatic rings. The molecular formula is C41H36N12O3S3. The van der Waals surface area contributed by atoms with E-state index in [0.717, 1.165) is 71.8 Å². The van der Waals surface area contributed by atoms with Gasteiger partial charge in [-0.3, -0.25) is 28.2 Å². The average molecular weight is 841 g/mol. The van der Waals surface area contributed by atoms with Gasteiger partial charge in [-0.05, 0) is 62.1 Å². The van der Waals surface area contributed by atoms with Gasteiger partial charge in [0.1, 0.15) is 34.6 Å². The SMILES string of the molecule is CS(=O)c1ncc2cc(C#N)c(=O)n(C3CCCC3)c2n1.N#Cc1cc2cnc(Nc3nc4ccccc4s3)nc2n(C2CCCC2)c1=O.Nc1nc2ccccc2s1. The van der Waals surface area contributed by atoms with Crippen LogP contribution in [0.15, 0.2) is 87.8 Å². The molecule has 8 aromatic rings. The Hall–Kier alpha value is -6.47. The molecule has 0 saturated heterocycles. The zero-order chi connectivity index (χ0) is 41.0. The van der Waals surface area contributed by atoms with Crippen LogP contribution in [0.5, 0.6) is 0 Å². The smallest absolute Gasteiger partial charge is 0.270 e. The van der Waals surface area contributed by atoms with E-state index < -0.39 is 10.8 Å². The number of aromatic nitrogens is 8. The highest BCUT2D eigenvalue weighted by molar-refractivity contribution is 7.84. The monoisotopic (exact) mass is 840 g/mol. The van der Waals surface area contributed by atoms with Crippen molar-refractivity contribution < 1.29 is 4.21 Å². The standard InChI is InChI=1S/C20H16N6OS.C14H14N4O2S.C7H6N2S/c21-10-12-9-13-11-22-19(25-20-23-15-7-3-4-8-16(15)28-20)24-17(13)26(18(12)27)14-5-1-2-6-14;1-21(20)14-16-8-10-6-9(7-15)13(19)18(12(10)17-14)11-4-2-3-5-11;8-7-9-5-3-1-2-4-6(5)10-7/h3-4,7-9,11,14H,1-2,5-6H2,(H,22,23,24,25);6,8,11H,2-5H2,1H3;1-4H,(H2,8,9). The highest BCUT2D eigenvalue weighted by Gasteiger charge is 2.24. The first kappa shape index (κ1) is 39.4. The summed E-state index contributed by atoms with van der Waals surface area (Å²) in [6, 6.07) is 23.0. The van der Waals surface area contributed by atoms with Crippen molar-refractivity contribution in [2.24, 2.45) is 0 Å². The van der Waals surface area contributed by atoms with Crippen LogP contribution in [0.25, 0.3) is 42.5 Å². The molecule has 2 fully saturated rings. The van der Waals surface area contributed by atoms with Gasteiger partial charge in [0, 0.05) is 41.5 Å². The van der Waals surface area contributed by atoms with E-state index in [0.29, 0.717) is 38.3 Å². The Labute approximate surface area is 347 Å². The largest absolute Gasteiger partial charge is 0.375 e. The molecule has 0 radical (unpaired) electrons. The number of nitrogens with zero attached hydrogens (tertiary/aromatic N) is 10. The van der Waals surface area contributed by atoms with Crippen LogP contribution < -0.4 is 22.2 Å². The number of hydrogen-bond donors (Lipinski definition) is 2. The van der Waals surface area contributed by atoms with E-state index >= 15 is 0 Å². The van der Waals surface area contributed by atoms with Crippen molar-refractivity contribution in [2.75, 3.05) is 17.3 Å². The third kappa shape index (κ3) is 8.28. The molecule has 1 atom stereocenters. The highest BCUT2D eigenvalue weighted by atomic mass is 32.2. The topological polar surface area (TPSA) is 224 Å². The quantitative estimate of drug-likeness (QED) is 0.160. The summed E-state index contributed by atoms with van der Waals surface area (Å²) in [4.78, 5) is 51.3. The van der Waals surface area contributed by atoms with Gasteiger partial charge in [-0.1, -0.05) is 72.6 Å². The fourth-order valence-corrected chi connectivity index (χ4v) is 9.51. The second-order valence-electron chi connectivity index (χ2n) is 14.1. The molecule has 2 aromatic carbocycles. The number of thiazole rings is 2. The number of nitrogens with one attached hydrogen (secondary N) is 1. The number of nitriles is 2. The molecule has 2 aliphatic carbocycles. The van der Waals surface area contributed by atoms with Crippen molar-refractivity contribution in [1.82, 2.24) is 39.0 Å². The van der Waals surface area contributed by atoms with Gasteiger partial charge in [0.2, 0.25) is 11.1 Å². The van der Waals surface area contributed by atoms with Gasteiger partial charge in [0.25, 0.3) is 11.1 Å². The summed E-state index contributed by atoms with van der Waals surface area (Å²) in [7, 11) is -1.31. The number of benzene rings is 2. The molecule has 296 valence electrons. The minimum atomic E-state index is -1.31. The third-order valence-electron chi connectivity index (χ3n) is 10.2. The first-order valence-electron chi connectivity index (χ1n) is 18.9. The molecule has 0 bridgehead atoms. The Bertz CT molecular complexity index is 3030. The lowest BCUT2D eigenvalue weighted by atomic mass is 10.2. The Balaban J connectivity index is 0.000000137. The maximum Gasteiger partial charge on any atom is 0.270 e. The van der Waals surface area contributed by atoms with Crippen molar-refractivity contribution in [3.8, 4) is 12.1 Å². The molecule has 59 heavy (non-hydrogen) atoms. The predicted octanol–water partition coefficient (Wildman–Crippen LogP) is 7.53. The molecule has 6 heterocycles. The van der Waals surface area contributed by atoms with Gasteiger partial charge in [-0.2, -0.15) is 15.5 Å². The summed E-state index contributed by atoms with van der Waals surface area (Å²) in [6.07, 6.45) is 12.6. The molecule has 2 saturated carbocycles. The maximum absolute atomic E-state index is 12.8. The van der Waals surface area contributed by atoms with Gasteiger partial charge < -0.3 is 5.73 Å². The molecule has 0 amide bonds. The Morgan fingerprint density at radius 1 is 0.729 bits per heavy atom. The maximum atomic E-state index is 12.8. The number of hydrogen-bond acceptors (Lipinski definition) is 15. The van der Waals surface area contributed by atoms with E-state index in [4.69, 9.17) is 11.0 Å². The van der Waals surface area contributed by atoms with Crippen LogP contribution in [0.3, 0.4) is 0 Å². The summed E-state index contributed by atoms with van der Waals surface area (Å²) in [5.74, 6) is 0.391. The lowest BCUT2D eigenvalue weighted by molar-refractivity contribution is 0.513. The van der Waals surface area contributed by atoms with Crippen molar-refractivity contribution in [2.45, 2.75) is 68.6 Å². The van der Waals surface area contributed by atoms with Crippen molar-refractivity contribution in [1.29, 1.82) is 10.5 Å². The fourth-order valence-electron chi connectivity index (χ4n) is 7.50. The minimum Gasteiger partial charge on any atom is -0.375 e. The first-order valence-corrected chi connectivity index (χ1v) is 22.1. The van der Waals surface area contributed by atoms with Crippen LogP contribution in [0.2, 0.25) is 0 Å². The zero-order valence-electron chi connectivity index (χ0n) is 31.7. The Morgan fingerprint density at radius 3 is 1.76 bits per heavy atom. The summed E-state index contributed by atoms with van der Waals surface area (Å²) in [6.45, 7) is 0. The van der Waals surface area contributed by atoms with Gasteiger partial charge in [0.15, 0.2) is 10.3 Å². The van der Waals surface area contributed by atoms with Crippen molar-refractivity contribution in [3.63, 3.8) is 0 Å². The predicted molar refractivity (Wildman–Crippen MR) is 231 cm³/mol. The van der Waals surface area contributed by atoms with Gasteiger partial charge in [-0.15, -0.1) is 0 Å². The van der Waals surface area contributed by atoms with Crippen LogP contribution in [-0.2, 0) is 10.8 Å². The molecule has 0 aliphatic heterocycles. The van der Waals surface area contributed by atoms with Crippen LogP contribution in [0, 0.1) is 22.7 Å². The summed E-state index contributed by atoms with van der Waals surface area (Å²) in [5.41, 5.74) is 8.09. The molecule has 1 unspecified atom stereocenters.